The zero-order valence-electron chi connectivity index (χ0n) is 11.4. The molecule has 2 rings (SSSR count). The van der Waals surface area contributed by atoms with Crippen LogP contribution in [0.3, 0.4) is 0 Å². The van der Waals surface area contributed by atoms with Gasteiger partial charge in [-0.1, -0.05) is 23.2 Å². The third-order valence-corrected chi connectivity index (χ3v) is 3.30. The van der Waals surface area contributed by atoms with E-state index in [1.807, 2.05) is 0 Å². The maximum atomic E-state index is 6.13. The number of nitrogens with one attached hydrogen (secondary N) is 2. The first-order valence-corrected chi connectivity index (χ1v) is 6.66. The molecule has 2 aromatic rings. The van der Waals surface area contributed by atoms with Crippen molar-refractivity contribution in [3.05, 3.63) is 34.3 Å². The molecule has 8 heteroatoms. The lowest BCUT2D eigenvalue weighted by Gasteiger charge is -2.14. The molecule has 0 saturated carbocycles. The Balaban J connectivity index is 2.41. The third-order valence-electron chi connectivity index (χ3n) is 2.73. The number of ether oxygens (including phenoxy) is 2. The van der Waals surface area contributed by atoms with Gasteiger partial charge >= 0.3 is 0 Å². The second-order valence-electron chi connectivity index (χ2n) is 3.98. The number of methoxy groups -OCH3 is 2. The Hall–Kier alpha value is -1.89. The number of aromatic nitrogens is 1. The molecular weight excluding hydrogens is 315 g/mol. The number of halogens is 2. The largest absolute Gasteiger partial charge is 0.497 e. The highest BCUT2D eigenvalue weighted by Gasteiger charge is 2.12. The normalized spacial score (nSPS) is 10.1. The van der Waals surface area contributed by atoms with Crippen molar-refractivity contribution in [3.63, 3.8) is 0 Å². The van der Waals surface area contributed by atoms with Crippen LogP contribution in [0.5, 0.6) is 11.5 Å². The van der Waals surface area contributed by atoms with E-state index in [1.54, 1.807) is 38.5 Å². The maximum absolute atomic E-state index is 6.13. The van der Waals surface area contributed by atoms with Crippen LogP contribution in [0.25, 0.3) is 0 Å². The van der Waals surface area contributed by atoms with Gasteiger partial charge in [-0.15, -0.1) is 0 Å². The topological polar surface area (TPSA) is 81.4 Å². The fourth-order valence-electron chi connectivity index (χ4n) is 1.69. The molecule has 0 atom stereocenters. The molecule has 0 amide bonds. The molecule has 1 aromatic heterocycles. The van der Waals surface area contributed by atoms with Crippen LogP contribution in [-0.2, 0) is 0 Å². The summed E-state index contributed by atoms with van der Waals surface area (Å²) in [6.45, 7) is 0. The molecule has 112 valence electrons. The highest BCUT2D eigenvalue weighted by atomic mass is 35.5. The van der Waals surface area contributed by atoms with Crippen molar-refractivity contribution in [2.75, 3.05) is 25.0 Å². The van der Waals surface area contributed by atoms with Gasteiger partial charge in [0, 0.05) is 6.07 Å². The monoisotopic (exact) mass is 328 g/mol. The van der Waals surface area contributed by atoms with Gasteiger partial charge in [0.15, 0.2) is 11.6 Å². The van der Waals surface area contributed by atoms with Crippen LogP contribution in [0, 0.1) is 0 Å². The summed E-state index contributed by atoms with van der Waals surface area (Å²) in [7, 11) is 3.15. The highest BCUT2D eigenvalue weighted by molar-refractivity contribution is 6.37. The van der Waals surface area contributed by atoms with Gasteiger partial charge in [0.2, 0.25) is 0 Å². The van der Waals surface area contributed by atoms with E-state index in [4.69, 9.17) is 38.5 Å². The van der Waals surface area contributed by atoms with Crippen molar-refractivity contribution in [1.29, 1.82) is 0 Å². The predicted molar refractivity (Wildman–Crippen MR) is 84.9 cm³/mol. The number of rotatable bonds is 5. The minimum atomic E-state index is 0.311. The molecule has 0 radical (unpaired) electrons. The standard InChI is InChI=1S/C13H14Cl2N4O2/c1-20-7-3-4-11(21-2)10(5-7)17-12-8(14)6-9(15)13(18-12)19-16/h3-6H,16H2,1-2H3,(H2,17,18,19). The average Bonchev–Trinajstić information content (AvgIpc) is 2.49. The second kappa shape index (κ2) is 6.71. The van der Waals surface area contributed by atoms with Crippen LogP contribution in [0.4, 0.5) is 17.3 Å². The number of benzene rings is 1. The summed E-state index contributed by atoms with van der Waals surface area (Å²) in [4.78, 5) is 4.21. The summed E-state index contributed by atoms with van der Waals surface area (Å²) in [6.07, 6.45) is 0. The number of hydrogen-bond donors (Lipinski definition) is 3. The number of nitrogens with zero attached hydrogens (tertiary/aromatic N) is 1. The molecule has 1 aromatic carbocycles. The Morgan fingerprint density at radius 2 is 1.76 bits per heavy atom. The molecule has 0 aliphatic rings. The second-order valence-corrected chi connectivity index (χ2v) is 4.80. The molecule has 6 nitrogen and oxygen atoms in total. The molecular formula is C13H14Cl2N4O2. The highest BCUT2D eigenvalue weighted by Crippen LogP contribution is 2.35. The molecule has 0 saturated heterocycles. The summed E-state index contributed by atoms with van der Waals surface area (Å²) in [5.41, 5.74) is 3.05. The van der Waals surface area contributed by atoms with E-state index < -0.39 is 0 Å². The molecule has 21 heavy (non-hydrogen) atoms. The van der Waals surface area contributed by atoms with E-state index in [9.17, 15) is 0 Å². The van der Waals surface area contributed by atoms with Crippen molar-refractivity contribution < 1.29 is 9.47 Å². The predicted octanol–water partition coefficient (Wildman–Crippen LogP) is 3.43. The van der Waals surface area contributed by atoms with Crippen molar-refractivity contribution in [3.8, 4) is 11.5 Å². The van der Waals surface area contributed by atoms with Gasteiger partial charge in [-0.25, -0.2) is 10.8 Å². The Labute approximate surface area is 132 Å². The molecule has 0 bridgehead atoms. The van der Waals surface area contributed by atoms with Gasteiger partial charge in [0.25, 0.3) is 0 Å². The summed E-state index contributed by atoms with van der Waals surface area (Å²) >= 11 is 12.1. The van der Waals surface area contributed by atoms with Crippen LogP contribution in [0.2, 0.25) is 10.0 Å². The van der Waals surface area contributed by atoms with Gasteiger partial charge in [-0.3, -0.25) is 0 Å². The van der Waals surface area contributed by atoms with Crippen molar-refractivity contribution in [2.24, 2.45) is 5.84 Å². The number of pyridine rings is 1. The molecule has 1 heterocycles. The van der Waals surface area contributed by atoms with E-state index in [-0.39, 0.29) is 0 Å². The molecule has 0 aliphatic heterocycles. The maximum Gasteiger partial charge on any atom is 0.161 e. The van der Waals surface area contributed by atoms with Crippen LogP contribution in [0.15, 0.2) is 24.3 Å². The number of nitrogen functional groups attached to an aromatic ring is 1. The molecule has 0 aliphatic carbocycles. The van der Waals surface area contributed by atoms with Crippen molar-refractivity contribution in [1.82, 2.24) is 4.98 Å². The van der Waals surface area contributed by atoms with E-state index in [0.717, 1.165) is 0 Å². The SMILES string of the molecule is COc1ccc(OC)c(Nc2nc(NN)c(Cl)cc2Cl)c1. The van der Waals surface area contributed by atoms with Gasteiger partial charge in [0.1, 0.15) is 11.5 Å². The Morgan fingerprint density at radius 1 is 1.05 bits per heavy atom. The fraction of sp³-hybridized carbons (Fsp3) is 0.154. The lowest BCUT2D eigenvalue weighted by molar-refractivity contribution is 0.405. The molecule has 0 spiro atoms. The Morgan fingerprint density at radius 3 is 2.38 bits per heavy atom. The minimum Gasteiger partial charge on any atom is -0.497 e. The minimum absolute atomic E-state index is 0.311. The van der Waals surface area contributed by atoms with Crippen LogP contribution >= 0.6 is 23.2 Å². The summed E-state index contributed by atoms with van der Waals surface area (Å²) in [6, 6.07) is 6.86. The first-order valence-electron chi connectivity index (χ1n) is 5.90. The first kappa shape index (κ1) is 15.5. The third kappa shape index (κ3) is 3.41. The number of anilines is 3. The van der Waals surface area contributed by atoms with Crippen LogP contribution < -0.4 is 26.1 Å². The zero-order valence-corrected chi connectivity index (χ0v) is 12.9. The summed E-state index contributed by atoms with van der Waals surface area (Å²) in [5, 5.41) is 3.74. The Bertz CT molecular complexity index is 652. The quantitative estimate of drug-likeness (QED) is 0.576. The van der Waals surface area contributed by atoms with Crippen LogP contribution in [-0.4, -0.2) is 19.2 Å². The van der Waals surface area contributed by atoms with Gasteiger partial charge < -0.3 is 20.2 Å². The van der Waals surface area contributed by atoms with Gasteiger partial charge in [0.05, 0.1) is 30.0 Å². The van der Waals surface area contributed by atoms with E-state index in [0.29, 0.717) is 38.9 Å². The Kier molecular flexibility index (Phi) is 4.95. The molecule has 0 unspecified atom stereocenters. The number of hydrogen-bond acceptors (Lipinski definition) is 6. The van der Waals surface area contributed by atoms with Crippen molar-refractivity contribution in [2.45, 2.75) is 0 Å². The van der Waals surface area contributed by atoms with Crippen molar-refractivity contribution >= 4 is 40.5 Å². The lowest BCUT2D eigenvalue weighted by atomic mass is 10.2. The van der Waals surface area contributed by atoms with E-state index >= 15 is 0 Å². The summed E-state index contributed by atoms with van der Waals surface area (Å²) in [5.74, 6) is 7.34. The zero-order chi connectivity index (χ0) is 15.4. The van der Waals surface area contributed by atoms with E-state index in [1.165, 1.54) is 0 Å². The first-order chi connectivity index (χ1) is 10.1. The average molecular weight is 329 g/mol. The number of hydrazine groups is 1. The van der Waals surface area contributed by atoms with Crippen LogP contribution in [0.1, 0.15) is 0 Å². The summed E-state index contributed by atoms with van der Waals surface area (Å²) < 4.78 is 10.5. The van der Waals surface area contributed by atoms with Gasteiger partial charge in [-0.2, -0.15) is 0 Å². The number of nitrogens with two attached hydrogens (primary N) is 1. The van der Waals surface area contributed by atoms with Gasteiger partial charge in [-0.05, 0) is 18.2 Å². The smallest absolute Gasteiger partial charge is 0.161 e. The molecule has 0 fully saturated rings. The lowest BCUT2D eigenvalue weighted by Crippen LogP contribution is -2.10. The van der Waals surface area contributed by atoms with E-state index in [2.05, 4.69) is 15.7 Å². The fourth-order valence-corrected chi connectivity index (χ4v) is 2.16. The molecule has 4 N–H and O–H groups in total.